The Hall–Kier alpha value is -2.90. The van der Waals surface area contributed by atoms with E-state index in [1.165, 1.54) is 6.08 Å². The minimum absolute atomic E-state index is 0.439. The molecule has 1 aromatic heterocycles. The van der Waals surface area contributed by atoms with E-state index in [0.717, 1.165) is 17.2 Å². The number of rotatable bonds is 6. The van der Waals surface area contributed by atoms with E-state index in [2.05, 4.69) is 15.6 Å². The molecule has 2 N–H and O–H groups in total. The first kappa shape index (κ1) is 18.4. The number of benzene rings is 1. The van der Waals surface area contributed by atoms with Gasteiger partial charge in [-0.25, -0.2) is 14.3 Å². The lowest BCUT2D eigenvalue weighted by molar-refractivity contribution is -0.131. The number of carbonyl (C=O) groups is 2. The first-order valence-electron chi connectivity index (χ1n) is 7.96. The van der Waals surface area contributed by atoms with Gasteiger partial charge in [0.1, 0.15) is 11.1 Å². The molecule has 0 radical (unpaired) electrons. The summed E-state index contributed by atoms with van der Waals surface area (Å²) in [6, 6.07) is 5.43. The van der Waals surface area contributed by atoms with Crippen LogP contribution in [0.1, 0.15) is 32.8 Å². The maximum Gasteiger partial charge on any atom is 0.407 e. The van der Waals surface area contributed by atoms with Crippen LogP contribution in [0.4, 0.5) is 4.79 Å². The third kappa shape index (κ3) is 5.91. The lowest BCUT2D eigenvalue weighted by Gasteiger charge is -2.19. The van der Waals surface area contributed by atoms with Crippen LogP contribution >= 0.6 is 0 Å². The number of hydrogen-bond acceptors (Lipinski definition) is 5. The van der Waals surface area contributed by atoms with Gasteiger partial charge in [-0.15, -0.1) is 5.10 Å². The molecular weight excluding hydrogens is 324 g/mol. The number of aromatic nitrogens is 3. The van der Waals surface area contributed by atoms with Crippen molar-refractivity contribution < 1.29 is 19.4 Å². The van der Waals surface area contributed by atoms with Crippen LogP contribution in [0.3, 0.4) is 0 Å². The standard InChI is InChI=1S/C17H22N4O4/c1-17(2,3)25-16(24)18-9-4-10-21-14-7-5-12(6-8-15(22)23)11-13(14)19-20-21/h5-8,11H,4,9-10H2,1-3H3,(H,18,24)(H,22,23). The van der Waals surface area contributed by atoms with Crippen LogP contribution in [-0.4, -0.2) is 44.3 Å². The SMILES string of the molecule is CC(C)(C)OC(=O)NCCCn1nnc2cc(C=CC(=O)O)ccc21. The molecule has 8 nitrogen and oxygen atoms in total. The Morgan fingerprint density at radius 3 is 2.80 bits per heavy atom. The highest BCUT2D eigenvalue weighted by molar-refractivity contribution is 5.86. The van der Waals surface area contributed by atoms with Crippen LogP contribution in [-0.2, 0) is 16.1 Å². The second-order valence-electron chi connectivity index (χ2n) is 6.51. The van der Waals surface area contributed by atoms with E-state index in [9.17, 15) is 9.59 Å². The number of amides is 1. The Kier molecular flexibility index (Phi) is 5.74. The summed E-state index contributed by atoms with van der Waals surface area (Å²) in [5, 5.41) is 19.5. The summed E-state index contributed by atoms with van der Waals surface area (Å²) in [5.41, 5.74) is 1.77. The average molecular weight is 346 g/mol. The fourth-order valence-electron chi connectivity index (χ4n) is 2.16. The Morgan fingerprint density at radius 1 is 1.36 bits per heavy atom. The van der Waals surface area contributed by atoms with Crippen molar-refractivity contribution >= 4 is 29.2 Å². The number of aliphatic carboxylic acids is 1. The average Bonchev–Trinajstić information content (AvgIpc) is 2.90. The second-order valence-corrected chi connectivity index (χ2v) is 6.51. The number of nitrogens with one attached hydrogen (secondary N) is 1. The molecule has 0 aliphatic carbocycles. The van der Waals surface area contributed by atoms with Crippen molar-refractivity contribution in [1.82, 2.24) is 20.3 Å². The fraction of sp³-hybridized carbons (Fsp3) is 0.412. The summed E-state index contributed by atoms with van der Waals surface area (Å²) in [5.74, 6) is -0.999. The van der Waals surface area contributed by atoms with Gasteiger partial charge in [0.15, 0.2) is 0 Å². The molecule has 1 amide bonds. The van der Waals surface area contributed by atoms with E-state index in [4.69, 9.17) is 9.84 Å². The first-order valence-corrected chi connectivity index (χ1v) is 7.96. The zero-order chi connectivity index (χ0) is 18.4. The molecule has 1 heterocycles. The highest BCUT2D eigenvalue weighted by atomic mass is 16.6. The van der Waals surface area contributed by atoms with Gasteiger partial charge >= 0.3 is 12.1 Å². The Labute approximate surface area is 145 Å². The third-order valence-electron chi connectivity index (χ3n) is 3.17. The lowest BCUT2D eigenvalue weighted by atomic mass is 10.2. The maximum atomic E-state index is 11.6. The number of nitrogens with zero attached hydrogens (tertiary/aromatic N) is 3. The van der Waals surface area contributed by atoms with Crippen molar-refractivity contribution in [2.45, 2.75) is 39.3 Å². The Balaban J connectivity index is 1.90. The third-order valence-corrected chi connectivity index (χ3v) is 3.17. The zero-order valence-corrected chi connectivity index (χ0v) is 14.5. The molecule has 0 atom stereocenters. The van der Waals surface area contributed by atoms with Crippen molar-refractivity contribution in [2.24, 2.45) is 0 Å². The predicted octanol–water partition coefficient (Wildman–Crippen LogP) is 2.44. The summed E-state index contributed by atoms with van der Waals surface area (Å²) in [7, 11) is 0. The van der Waals surface area contributed by atoms with Crippen molar-refractivity contribution in [3.8, 4) is 0 Å². The number of ether oxygens (including phenoxy) is 1. The number of alkyl carbamates (subject to hydrolysis) is 1. The molecule has 1 aromatic carbocycles. The summed E-state index contributed by atoms with van der Waals surface area (Å²) in [6.07, 6.45) is 2.82. The predicted molar refractivity (Wildman–Crippen MR) is 93.1 cm³/mol. The van der Waals surface area contributed by atoms with Crippen molar-refractivity contribution in [3.63, 3.8) is 0 Å². The number of aryl methyl sites for hydroxylation is 1. The van der Waals surface area contributed by atoms with Gasteiger partial charge in [0.25, 0.3) is 0 Å². The second kappa shape index (κ2) is 7.78. The van der Waals surface area contributed by atoms with Crippen molar-refractivity contribution in [2.75, 3.05) is 6.54 Å². The summed E-state index contributed by atoms with van der Waals surface area (Å²) in [4.78, 5) is 22.1. The normalized spacial score (nSPS) is 11.8. The van der Waals surface area contributed by atoms with E-state index in [0.29, 0.717) is 25.0 Å². The number of fused-ring (bicyclic) bond motifs is 1. The molecule has 25 heavy (non-hydrogen) atoms. The Morgan fingerprint density at radius 2 is 2.12 bits per heavy atom. The van der Waals surface area contributed by atoms with Gasteiger partial charge < -0.3 is 15.2 Å². The van der Waals surface area contributed by atoms with E-state index in [-0.39, 0.29) is 0 Å². The molecular formula is C17H22N4O4. The van der Waals surface area contributed by atoms with Gasteiger partial charge in [0, 0.05) is 19.2 Å². The van der Waals surface area contributed by atoms with Crippen LogP contribution in [0.2, 0.25) is 0 Å². The van der Waals surface area contributed by atoms with Crippen molar-refractivity contribution in [1.29, 1.82) is 0 Å². The molecule has 0 saturated heterocycles. The van der Waals surface area contributed by atoms with Gasteiger partial charge in [-0.3, -0.25) is 0 Å². The molecule has 2 rings (SSSR count). The van der Waals surface area contributed by atoms with Crippen LogP contribution in [0.25, 0.3) is 17.1 Å². The number of carboxylic acids is 1. The quantitative estimate of drug-likeness (QED) is 0.615. The topological polar surface area (TPSA) is 106 Å². The molecule has 0 unspecified atom stereocenters. The summed E-state index contributed by atoms with van der Waals surface area (Å²) >= 11 is 0. The van der Waals surface area contributed by atoms with Gasteiger partial charge in [-0.2, -0.15) is 0 Å². The fourth-order valence-corrected chi connectivity index (χ4v) is 2.16. The number of carbonyl (C=O) groups excluding carboxylic acids is 1. The minimum Gasteiger partial charge on any atom is -0.478 e. The molecule has 0 aliphatic rings. The number of carboxylic acid groups (broad SMARTS) is 1. The smallest absolute Gasteiger partial charge is 0.407 e. The van der Waals surface area contributed by atoms with Crippen molar-refractivity contribution in [3.05, 3.63) is 29.8 Å². The lowest BCUT2D eigenvalue weighted by Crippen LogP contribution is -2.33. The van der Waals surface area contributed by atoms with E-state index < -0.39 is 17.7 Å². The summed E-state index contributed by atoms with van der Waals surface area (Å²) < 4.78 is 6.91. The first-order chi connectivity index (χ1) is 11.7. The van der Waals surface area contributed by atoms with E-state index in [1.54, 1.807) is 16.8 Å². The molecule has 134 valence electrons. The minimum atomic E-state index is -0.999. The molecule has 0 fully saturated rings. The Bertz CT molecular complexity index is 790. The van der Waals surface area contributed by atoms with Gasteiger partial charge in [0.05, 0.1) is 5.52 Å². The molecule has 0 bridgehead atoms. The largest absolute Gasteiger partial charge is 0.478 e. The summed E-state index contributed by atoms with van der Waals surface area (Å²) in [6.45, 7) is 6.50. The monoisotopic (exact) mass is 346 g/mol. The molecule has 0 saturated carbocycles. The zero-order valence-electron chi connectivity index (χ0n) is 14.5. The van der Waals surface area contributed by atoms with Crippen LogP contribution < -0.4 is 5.32 Å². The van der Waals surface area contributed by atoms with Gasteiger partial charge in [-0.05, 0) is 51.0 Å². The molecule has 0 aliphatic heterocycles. The maximum absolute atomic E-state index is 11.6. The number of hydrogen-bond donors (Lipinski definition) is 2. The van der Waals surface area contributed by atoms with Crippen LogP contribution in [0, 0.1) is 0 Å². The van der Waals surface area contributed by atoms with Gasteiger partial charge in [0.2, 0.25) is 0 Å². The van der Waals surface area contributed by atoms with Crippen LogP contribution in [0.15, 0.2) is 24.3 Å². The molecule has 8 heteroatoms. The van der Waals surface area contributed by atoms with Crippen LogP contribution in [0.5, 0.6) is 0 Å². The van der Waals surface area contributed by atoms with E-state index >= 15 is 0 Å². The highest BCUT2D eigenvalue weighted by Gasteiger charge is 2.15. The molecule has 0 spiro atoms. The van der Waals surface area contributed by atoms with E-state index in [1.807, 2.05) is 26.8 Å². The highest BCUT2D eigenvalue weighted by Crippen LogP contribution is 2.15. The molecule has 2 aromatic rings. The van der Waals surface area contributed by atoms with Gasteiger partial charge in [-0.1, -0.05) is 11.3 Å².